The molecule has 6 nitrogen and oxygen atoms in total. The average molecular weight is 438 g/mol. The smallest absolute Gasteiger partial charge is 0.203 e. The van der Waals surface area contributed by atoms with Crippen LogP contribution >= 0.6 is 34.5 Å². The molecule has 0 saturated heterocycles. The van der Waals surface area contributed by atoms with Crippen LogP contribution < -0.4 is 19.6 Å². The lowest BCUT2D eigenvalue weighted by Crippen LogP contribution is -1.98. The number of halogens is 2. The van der Waals surface area contributed by atoms with Gasteiger partial charge in [-0.25, -0.2) is 4.98 Å². The summed E-state index contributed by atoms with van der Waals surface area (Å²) in [7, 11) is 4.72. The number of hydrogen-bond donors (Lipinski definition) is 1. The van der Waals surface area contributed by atoms with Crippen LogP contribution in [0.2, 0.25) is 10.0 Å². The minimum absolute atomic E-state index is 0.544. The van der Waals surface area contributed by atoms with E-state index in [9.17, 15) is 0 Å². The number of anilines is 1. The van der Waals surface area contributed by atoms with Crippen molar-refractivity contribution in [3.8, 4) is 28.5 Å². The van der Waals surface area contributed by atoms with Crippen LogP contribution in [0.1, 0.15) is 5.56 Å². The lowest BCUT2D eigenvalue weighted by Gasteiger charge is -2.11. The van der Waals surface area contributed by atoms with E-state index in [1.54, 1.807) is 51.8 Å². The van der Waals surface area contributed by atoms with Gasteiger partial charge in [0.2, 0.25) is 5.13 Å². The van der Waals surface area contributed by atoms with Crippen molar-refractivity contribution < 1.29 is 14.2 Å². The number of nitrogens with one attached hydrogen (secondary N) is 1. The topological polar surface area (TPSA) is 65.0 Å². The fraction of sp³-hybridized carbons (Fsp3) is 0.158. The number of thiazole rings is 1. The van der Waals surface area contributed by atoms with Gasteiger partial charge in [-0.1, -0.05) is 23.2 Å². The summed E-state index contributed by atoms with van der Waals surface area (Å²) >= 11 is 13.6. The zero-order valence-electron chi connectivity index (χ0n) is 15.3. The number of benzene rings is 2. The van der Waals surface area contributed by atoms with Gasteiger partial charge in [-0.2, -0.15) is 5.10 Å². The van der Waals surface area contributed by atoms with E-state index in [1.165, 1.54) is 11.3 Å². The Labute approximate surface area is 176 Å². The molecule has 0 fully saturated rings. The predicted molar refractivity (Wildman–Crippen MR) is 115 cm³/mol. The number of aromatic nitrogens is 1. The van der Waals surface area contributed by atoms with Crippen molar-refractivity contribution in [3.63, 3.8) is 0 Å². The van der Waals surface area contributed by atoms with E-state index >= 15 is 0 Å². The van der Waals surface area contributed by atoms with E-state index in [0.29, 0.717) is 32.4 Å². The second-order valence-electron chi connectivity index (χ2n) is 5.48. The molecule has 0 unspecified atom stereocenters. The van der Waals surface area contributed by atoms with Crippen LogP contribution in [0.15, 0.2) is 40.8 Å². The first-order valence-electron chi connectivity index (χ1n) is 8.05. The lowest BCUT2D eigenvalue weighted by atomic mass is 10.2. The van der Waals surface area contributed by atoms with Crippen LogP contribution in [0, 0.1) is 0 Å². The minimum Gasteiger partial charge on any atom is -0.496 e. The third-order valence-corrected chi connectivity index (χ3v) is 5.11. The Morgan fingerprint density at radius 2 is 1.71 bits per heavy atom. The Bertz CT molecular complexity index is 1010. The third-order valence-electron chi connectivity index (χ3n) is 3.81. The number of nitrogens with zero attached hydrogens (tertiary/aromatic N) is 2. The predicted octanol–water partition coefficient (Wildman–Crippen LogP) is 5.59. The quantitative estimate of drug-likeness (QED) is 0.385. The summed E-state index contributed by atoms with van der Waals surface area (Å²) in [6.07, 6.45) is 1.62. The van der Waals surface area contributed by atoms with Crippen molar-refractivity contribution in [2.24, 2.45) is 5.10 Å². The van der Waals surface area contributed by atoms with E-state index in [1.807, 2.05) is 11.4 Å². The molecule has 0 saturated carbocycles. The second kappa shape index (κ2) is 9.14. The largest absolute Gasteiger partial charge is 0.496 e. The highest BCUT2D eigenvalue weighted by atomic mass is 35.5. The molecule has 1 aromatic heterocycles. The van der Waals surface area contributed by atoms with Gasteiger partial charge in [0, 0.05) is 27.6 Å². The summed E-state index contributed by atoms with van der Waals surface area (Å²) in [5.41, 5.74) is 5.19. The highest BCUT2D eigenvalue weighted by molar-refractivity contribution is 7.14. The Morgan fingerprint density at radius 3 is 2.39 bits per heavy atom. The summed E-state index contributed by atoms with van der Waals surface area (Å²) in [6.45, 7) is 0. The van der Waals surface area contributed by atoms with E-state index in [-0.39, 0.29) is 0 Å². The maximum atomic E-state index is 6.24. The molecule has 0 aliphatic carbocycles. The molecule has 0 aliphatic rings. The SMILES string of the molecule is COc1cc(OC)c(OC)cc1C=NNc1nc(-c2ccc(Cl)cc2Cl)cs1. The van der Waals surface area contributed by atoms with E-state index in [0.717, 1.165) is 16.8 Å². The number of hydrogen-bond acceptors (Lipinski definition) is 7. The van der Waals surface area contributed by atoms with Crippen molar-refractivity contribution in [3.05, 3.63) is 51.3 Å². The van der Waals surface area contributed by atoms with Crippen LogP contribution in [0.25, 0.3) is 11.3 Å². The van der Waals surface area contributed by atoms with Gasteiger partial charge in [0.05, 0.1) is 38.3 Å². The standard InChI is InChI=1S/C19H17Cl2N3O3S/c1-25-16-8-18(27-3)17(26-2)6-11(16)9-22-24-19-23-15(10-28-19)13-5-4-12(20)7-14(13)21/h4-10H,1-3H3,(H,23,24). The molecule has 0 aliphatic heterocycles. The fourth-order valence-electron chi connectivity index (χ4n) is 2.46. The van der Waals surface area contributed by atoms with Gasteiger partial charge in [0.1, 0.15) is 5.75 Å². The van der Waals surface area contributed by atoms with Crippen molar-refractivity contribution in [2.75, 3.05) is 26.8 Å². The minimum atomic E-state index is 0.544. The van der Waals surface area contributed by atoms with Crippen LogP contribution in [-0.2, 0) is 0 Å². The highest BCUT2D eigenvalue weighted by Crippen LogP contribution is 2.34. The van der Waals surface area contributed by atoms with E-state index in [4.69, 9.17) is 37.4 Å². The van der Waals surface area contributed by atoms with Crippen molar-refractivity contribution in [1.82, 2.24) is 4.98 Å². The number of ether oxygens (including phenoxy) is 3. The van der Waals surface area contributed by atoms with Crippen molar-refractivity contribution in [1.29, 1.82) is 0 Å². The van der Waals surface area contributed by atoms with Gasteiger partial charge in [0.25, 0.3) is 0 Å². The van der Waals surface area contributed by atoms with Crippen LogP contribution in [0.5, 0.6) is 17.2 Å². The van der Waals surface area contributed by atoms with Crippen LogP contribution in [0.4, 0.5) is 5.13 Å². The Morgan fingerprint density at radius 1 is 1.00 bits per heavy atom. The summed E-state index contributed by atoms with van der Waals surface area (Å²) < 4.78 is 16.0. The molecule has 9 heteroatoms. The molecule has 0 amide bonds. The Kier molecular flexibility index (Phi) is 6.61. The maximum Gasteiger partial charge on any atom is 0.203 e. The molecule has 28 heavy (non-hydrogen) atoms. The maximum absolute atomic E-state index is 6.24. The molecule has 3 aromatic rings. The first-order chi connectivity index (χ1) is 13.5. The van der Waals surface area contributed by atoms with E-state index in [2.05, 4.69) is 15.5 Å². The van der Waals surface area contributed by atoms with Gasteiger partial charge >= 0.3 is 0 Å². The summed E-state index contributed by atoms with van der Waals surface area (Å²) in [5, 5.41) is 7.88. The zero-order valence-corrected chi connectivity index (χ0v) is 17.7. The monoisotopic (exact) mass is 437 g/mol. The summed E-state index contributed by atoms with van der Waals surface area (Å²) in [6, 6.07) is 8.82. The van der Waals surface area contributed by atoms with E-state index < -0.39 is 0 Å². The number of rotatable bonds is 7. The molecule has 0 spiro atoms. The Balaban J connectivity index is 1.78. The average Bonchev–Trinajstić information content (AvgIpc) is 3.16. The van der Waals surface area contributed by atoms with Crippen molar-refractivity contribution in [2.45, 2.75) is 0 Å². The molecule has 0 bridgehead atoms. The van der Waals surface area contributed by atoms with Gasteiger partial charge < -0.3 is 14.2 Å². The normalized spacial score (nSPS) is 10.9. The molecule has 0 atom stereocenters. The molecule has 1 N–H and O–H groups in total. The first kappa shape index (κ1) is 20.3. The molecule has 0 radical (unpaired) electrons. The van der Waals surface area contributed by atoms with Gasteiger partial charge in [-0.05, 0) is 24.3 Å². The lowest BCUT2D eigenvalue weighted by molar-refractivity contribution is 0.349. The van der Waals surface area contributed by atoms with Gasteiger partial charge in [-0.3, -0.25) is 5.43 Å². The summed E-state index contributed by atoms with van der Waals surface area (Å²) in [5.74, 6) is 1.77. The van der Waals surface area contributed by atoms with Crippen LogP contribution in [-0.4, -0.2) is 32.5 Å². The summed E-state index contributed by atoms with van der Waals surface area (Å²) in [4.78, 5) is 4.50. The highest BCUT2D eigenvalue weighted by Gasteiger charge is 2.11. The van der Waals surface area contributed by atoms with Crippen molar-refractivity contribution >= 4 is 45.9 Å². The first-order valence-corrected chi connectivity index (χ1v) is 9.69. The molecular formula is C19H17Cl2N3O3S. The molecular weight excluding hydrogens is 421 g/mol. The zero-order chi connectivity index (χ0) is 20.1. The van der Waals surface area contributed by atoms with Crippen LogP contribution in [0.3, 0.4) is 0 Å². The molecule has 3 rings (SSSR count). The second-order valence-corrected chi connectivity index (χ2v) is 7.18. The van der Waals surface area contributed by atoms with Gasteiger partial charge in [-0.15, -0.1) is 11.3 Å². The number of hydrazone groups is 1. The van der Waals surface area contributed by atoms with Gasteiger partial charge in [0.15, 0.2) is 11.5 Å². The third kappa shape index (κ3) is 4.49. The fourth-order valence-corrected chi connectivity index (χ4v) is 3.62. The Hall–Kier alpha value is -2.48. The molecule has 2 aromatic carbocycles. The number of methoxy groups -OCH3 is 3. The molecule has 1 heterocycles. The molecule has 146 valence electrons.